The molecule has 2 aromatic rings. The third-order valence-corrected chi connectivity index (χ3v) is 3.98. The smallest absolute Gasteiger partial charge is 0.274 e. The molecule has 0 spiro atoms. The Morgan fingerprint density at radius 3 is 2.57 bits per heavy atom. The molecule has 1 unspecified atom stereocenters. The fraction of sp³-hybridized carbons (Fsp3) is 0.353. The fourth-order valence-corrected chi connectivity index (χ4v) is 2.80. The molecule has 1 aromatic heterocycles. The molecule has 0 aliphatic carbocycles. The van der Waals surface area contributed by atoms with E-state index in [9.17, 15) is 4.79 Å². The van der Waals surface area contributed by atoms with Gasteiger partial charge in [0.25, 0.3) is 5.91 Å². The standard InChI is InChI=1S/C17H19N3O/c1-12-5-7-14(8-6-12)16-4-3-9-20(16)17(21)15-11-18-13(2)10-19-15/h5-8,10-11,16H,3-4,9H2,1-2H3. The van der Waals surface area contributed by atoms with Gasteiger partial charge in [-0.3, -0.25) is 9.78 Å². The van der Waals surface area contributed by atoms with Crippen LogP contribution in [0, 0.1) is 13.8 Å². The molecule has 21 heavy (non-hydrogen) atoms. The predicted octanol–water partition coefficient (Wildman–Crippen LogP) is 3.07. The van der Waals surface area contributed by atoms with E-state index in [1.165, 1.54) is 11.1 Å². The Bertz CT molecular complexity index is 634. The van der Waals surface area contributed by atoms with Crippen LogP contribution in [0.1, 0.15) is 46.2 Å². The second kappa shape index (κ2) is 5.64. The first-order chi connectivity index (χ1) is 10.1. The summed E-state index contributed by atoms with van der Waals surface area (Å²) >= 11 is 0. The van der Waals surface area contributed by atoms with E-state index in [1.807, 2.05) is 11.8 Å². The van der Waals surface area contributed by atoms with Crippen LogP contribution in [0.4, 0.5) is 0 Å². The molecule has 0 N–H and O–H groups in total. The zero-order chi connectivity index (χ0) is 14.8. The van der Waals surface area contributed by atoms with Crippen molar-refractivity contribution < 1.29 is 4.79 Å². The van der Waals surface area contributed by atoms with E-state index in [0.717, 1.165) is 25.1 Å². The van der Waals surface area contributed by atoms with Gasteiger partial charge < -0.3 is 4.90 Å². The molecular weight excluding hydrogens is 262 g/mol. The van der Waals surface area contributed by atoms with Gasteiger partial charge in [-0.25, -0.2) is 4.98 Å². The highest BCUT2D eigenvalue weighted by Crippen LogP contribution is 2.32. The maximum Gasteiger partial charge on any atom is 0.274 e. The Labute approximate surface area is 124 Å². The normalized spacial score (nSPS) is 18.0. The summed E-state index contributed by atoms with van der Waals surface area (Å²) in [5, 5.41) is 0. The highest BCUT2D eigenvalue weighted by molar-refractivity contribution is 5.92. The Kier molecular flexibility index (Phi) is 3.69. The van der Waals surface area contributed by atoms with E-state index in [2.05, 4.69) is 41.2 Å². The van der Waals surface area contributed by atoms with E-state index in [4.69, 9.17) is 0 Å². The van der Waals surface area contributed by atoms with Crippen molar-refractivity contribution in [3.63, 3.8) is 0 Å². The monoisotopic (exact) mass is 281 g/mol. The van der Waals surface area contributed by atoms with Gasteiger partial charge in [-0.05, 0) is 32.3 Å². The van der Waals surface area contributed by atoms with Gasteiger partial charge >= 0.3 is 0 Å². The van der Waals surface area contributed by atoms with Crippen molar-refractivity contribution in [3.05, 3.63) is 59.2 Å². The Morgan fingerprint density at radius 1 is 1.14 bits per heavy atom. The first kappa shape index (κ1) is 13.7. The SMILES string of the molecule is Cc1ccc(C2CCCN2C(=O)c2cnc(C)cn2)cc1. The second-order valence-corrected chi connectivity index (χ2v) is 5.61. The number of hydrogen-bond donors (Lipinski definition) is 0. The van der Waals surface area contributed by atoms with Gasteiger partial charge in [-0.1, -0.05) is 29.8 Å². The lowest BCUT2D eigenvalue weighted by atomic mass is 10.0. The summed E-state index contributed by atoms with van der Waals surface area (Å²) in [5.74, 6) is -0.0226. The lowest BCUT2D eigenvalue weighted by Gasteiger charge is -2.24. The summed E-state index contributed by atoms with van der Waals surface area (Å²) in [6, 6.07) is 8.59. The number of hydrogen-bond acceptors (Lipinski definition) is 3. The lowest BCUT2D eigenvalue weighted by Crippen LogP contribution is -2.31. The van der Waals surface area contributed by atoms with E-state index in [1.54, 1.807) is 12.4 Å². The van der Waals surface area contributed by atoms with Gasteiger partial charge in [-0.15, -0.1) is 0 Å². The number of aromatic nitrogens is 2. The van der Waals surface area contributed by atoms with Gasteiger partial charge in [0.2, 0.25) is 0 Å². The molecule has 108 valence electrons. The number of carbonyl (C=O) groups is 1. The first-order valence-corrected chi connectivity index (χ1v) is 7.31. The zero-order valence-corrected chi connectivity index (χ0v) is 12.4. The van der Waals surface area contributed by atoms with Crippen molar-refractivity contribution in [2.75, 3.05) is 6.54 Å². The minimum atomic E-state index is -0.0226. The second-order valence-electron chi connectivity index (χ2n) is 5.61. The number of carbonyl (C=O) groups excluding carboxylic acids is 1. The van der Waals surface area contributed by atoms with Crippen LogP contribution < -0.4 is 0 Å². The van der Waals surface area contributed by atoms with Crippen LogP contribution in [0.5, 0.6) is 0 Å². The Hall–Kier alpha value is -2.23. The van der Waals surface area contributed by atoms with Crippen LogP contribution in [0.15, 0.2) is 36.7 Å². The van der Waals surface area contributed by atoms with Crippen molar-refractivity contribution >= 4 is 5.91 Å². The van der Waals surface area contributed by atoms with Crippen LogP contribution in [0.2, 0.25) is 0 Å². The summed E-state index contributed by atoms with van der Waals surface area (Å²) in [6.45, 7) is 4.72. The topological polar surface area (TPSA) is 46.1 Å². The molecule has 1 aliphatic rings. The molecule has 0 bridgehead atoms. The number of rotatable bonds is 2. The summed E-state index contributed by atoms with van der Waals surface area (Å²) in [5.41, 5.74) is 3.69. The van der Waals surface area contributed by atoms with E-state index < -0.39 is 0 Å². The van der Waals surface area contributed by atoms with Crippen molar-refractivity contribution in [3.8, 4) is 0 Å². The summed E-state index contributed by atoms with van der Waals surface area (Å²) < 4.78 is 0. The molecule has 3 rings (SSSR count). The summed E-state index contributed by atoms with van der Waals surface area (Å²) in [7, 11) is 0. The molecule has 1 aromatic carbocycles. The molecule has 0 radical (unpaired) electrons. The molecular formula is C17H19N3O. The minimum Gasteiger partial charge on any atom is -0.330 e. The first-order valence-electron chi connectivity index (χ1n) is 7.31. The molecule has 4 heteroatoms. The molecule has 1 aliphatic heterocycles. The molecule has 2 heterocycles. The summed E-state index contributed by atoms with van der Waals surface area (Å²) in [6.07, 6.45) is 5.25. The van der Waals surface area contributed by atoms with Crippen LogP contribution in [-0.4, -0.2) is 27.3 Å². The molecule has 4 nitrogen and oxygen atoms in total. The average Bonchev–Trinajstić information content (AvgIpc) is 2.97. The van der Waals surface area contributed by atoms with Crippen LogP contribution in [-0.2, 0) is 0 Å². The van der Waals surface area contributed by atoms with Crippen LogP contribution in [0.3, 0.4) is 0 Å². The van der Waals surface area contributed by atoms with Crippen molar-refractivity contribution in [2.45, 2.75) is 32.7 Å². The van der Waals surface area contributed by atoms with Gasteiger partial charge in [0.05, 0.1) is 17.9 Å². The number of likely N-dealkylation sites (tertiary alicyclic amines) is 1. The number of nitrogens with zero attached hydrogens (tertiary/aromatic N) is 3. The molecule has 1 fully saturated rings. The fourth-order valence-electron chi connectivity index (χ4n) is 2.80. The Balaban J connectivity index is 1.85. The van der Waals surface area contributed by atoms with Gasteiger partial charge in [0.1, 0.15) is 5.69 Å². The quantitative estimate of drug-likeness (QED) is 0.850. The molecule has 0 saturated carbocycles. The lowest BCUT2D eigenvalue weighted by molar-refractivity contribution is 0.0729. The average molecular weight is 281 g/mol. The molecule has 1 saturated heterocycles. The molecule has 1 atom stereocenters. The summed E-state index contributed by atoms with van der Waals surface area (Å²) in [4.78, 5) is 22.9. The number of amides is 1. The zero-order valence-electron chi connectivity index (χ0n) is 12.4. The van der Waals surface area contributed by atoms with Crippen LogP contribution in [0.25, 0.3) is 0 Å². The van der Waals surface area contributed by atoms with Crippen molar-refractivity contribution in [2.24, 2.45) is 0 Å². The maximum absolute atomic E-state index is 12.6. The Morgan fingerprint density at radius 2 is 1.90 bits per heavy atom. The highest BCUT2D eigenvalue weighted by atomic mass is 16.2. The maximum atomic E-state index is 12.6. The van der Waals surface area contributed by atoms with Gasteiger partial charge in [0, 0.05) is 12.7 Å². The van der Waals surface area contributed by atoms with Crippen molar-refractivity contribution in [1.82, 2.24) is 14.9 Å². The predicted molar refractivity (Wildman–Crippen MR) is 81.0 cm³/mol. The van der Waals surface area contributed by atoms with Crippen LogP contribution >= 0.6 is 0 Å². The number of benzene rings is 1. The van der Waals surface area contributed by atoms with Gasteiger partial charge in [0.15, 0.2) is 0 Å². The number of aryl methyl sites for hydroxylation is 2. The van der Waals surface area contributed by atoms with E-state index in [-0.39, 0.29) is 11.9 Å². The van der Waals surface area contributed by atoms with Crippen molar-refractivity contribution in [1.29, 1.82) is 0 Å². The van der Waals surface area contributed by atoms with E-state index in [0.29, 0.717) is 5.69 Å². The minimum absolute atomic E-state index is 0.0226. The third-order valence-electron chi connectivity index (χ3n) is 3.98. The molecule has 1 amide bonds. The van der Waals surface area contributed by atoms with Gasteiger partial charge in [-0.2, -0.15) is 0 Å². The third kappa shape index (κ3) is 2.79. The van der Waals surface area contributed by atoms with E-state index >= 15 is 0 Å². The largest absolute Gasteiger partial charge is 0.330 e. The highest BCUT2D eigenvalue weighted by Gasteiger charge is 2.31.